The van der Waals surface area contributed by atoms with E-state index in [1.54, 1.807) is 13.0 Å². The second-order valence-electron chi connectivity index (χ2n) is 3.81. The highest BCUT2D eigenvalue weighted by Crippen LogP contribution is 2.01. The van der Waals surface area contributed by atoms with E-state index < -0.39 is 11.9 Å². The molecule has 1 aromatic rings. The Balaban J connectivity index is 2.56. The van der Waals surface area contributed by atoms with E-state index in [2.05, 4.69) is 5.32 Å². The van der Waals surface area contributed by atoms with E-state index >= 15 is 0 Å². The lowest BCUT2D eigenvalue weighted by Crippen LogP contribution is -2.47. The van der Waals surface area contributed by atoms with E-state index in [4.69, 9.17) is 9.52 Å². The molecule has 0 aliphatic carbocycles. The molecule has 2 N–H and O–H groups in total. The molecule has 1 atom stereocenters. The van der Waals surface area contributed by atoms with Crippen LogP contribution in [0.3, 0.4) is 0 Å². The Morgan fingerprint density at radius 1 is 1.56 bits per heavy atom. The number of amides is 2. The molecule has 1 unspecified atom stereocenters. The molecule has 0 aliphatic rings. The third-order valence-corrected chi connectivity index (χ3v) is 2.53. The minimum atomic E-state index is -0.658. The summed E-state index contributed by atoms with van der Waals surface area (Å²) in [5, 5.41) is 11.4. The molecule has 0 saturated heterocycles. The first-order valence-electron chi connectivity index (χ1n) is 5.84. The van der Waals surface area contributed by atoms with Crippen LogP contribution < -0.4 is 5.32 Å². The van der Waals surface area contributed by atoms with Crippen LogP contribution in [0.1, 0.15) is 24.4 Å². The van der Waals surface area contributed by atoms with Gasteiger partial charge in [-0.15, -0.1) is 0 Å². The van der Waals surface area contributed by atoms with Gasteiger partial charge >= 0.3 is 0 Å². The molecule has 6 nitrogen and oxygen atoms in total. The van der Waals surface area contributed by atoms with Gasteiger partial charge in [0.2, 0.25) is 5.91 Å². The zero-order valence-corrected chi connectivity index (χ0v) is 10.5. The monoisotopic (exact) mass is 254 g/mol. The summed E-state index contributed by atoms with van der Waals surface area (Å²) in [5.74, 6) is -0.493. The first-order valence-corrected chi connectivity index (χ1v) is 5.84. The summed E-state index contributed by atoms with van der Waals surface area (Å²) in [5.41, 5.74) is 0. The molecule has 0 bridgehead atoms. The smallest absolute Gasteiger partial charge is 0.287 e. The second-order valence-corrected chi connectivity index (χ2v) is 3.81. The van der Waals surface area contributed by atoms with E-state index in [-0.39, 0.29) is 24.8 Å². The van der Waals surface area contributed by atoms with Gasteiger partial charge in [-0.05, 0) is 26.0 Å². The van der Waals surface area contributed by atoms with Crippen LogP contribution in [-0.2, 0) is 4.79 Å². The van der Waals surface area contributed by atoms with Gasteiger partial charge in [-0.2, -0.15) is 0 Å². The third-order valence-electron chi connectivity index (χ3n) is 2.53. The highest BCUT2D eigenvalue weighted by Gasteiger charge is 2.21. The topological polar surface area (TPSA) is 82.8 Å². The quantitative estimate of drug-likeness (QED) is 0.761. The zero-order chi connectivity index (χ0) is 13.5. The molecule has 18 heavy (non-hydrogen) atoms. The molecule has 0 radical (unpaired) electrons. The SMILES string of the molecule is CCN(CCO)C(=O)C(C)NC(=O)c1ccco1. The van der Waals surface area contributed by atoms with Crippen molar-refractivity contribution in [3.63, 3.8) is 0 Å². The predicted molar refractivity (Wildman–Crippen MR) is 65.0 cm³/mol. The van der Waals surface area contributed by atoms with Crippen LogP contribution >= 0.6 is 0 Å². The van der Waals surface area contributed by atoms with Crippen molar-refractivity contribution in [2.24, 2.45) is 0 Å². The number of hydrogen-bond acceptors (Lipinski definition) is 4. The van der Waals surface area contributed by atoms with Gasteiger partial charge in [0.15, 0.2) is 5.76 Å². The maximum atomic E-state index is 11.9. The number of aliphatic hydroxyl groups is 1. The largest absolute Gasteiger partial charge is 0.459 e. The van der Waals surface area contributed by atoms with Gasteiger partial charge in [0, 0.05) is 13.1 Å². The van der Waals surface area contributed by atoms with Crippen molar-refractivity contribution in [1.82, 2.24) is 10.2 Å². The van der Waals surface area contributed by atoms with Gasteiger partial charge in [-0.3, -0.25) is 9.59 Å². The number of aliphatic hydroxyl groups excluding tert-OH is 1. The molecule has 0 spiro atoms. The lowest BCUT2D eigenvalue weighted by atomic mass is 10.2. The number of nitrogens with one attached hydrogen (secondary N) is 1. The Hall–Kier alpha value is -1.82. The molecule has 1 heterocycles. The fourth-order valence-corrected chi connectivity index (χ4v) is 1.56. The summed E-state index contributed by atoms with van der Waals surface area (Å²) >= 11 is 0. The van der Waals surface area contributed by atoms with E-state index in [0.717, 1.165) is 0 Å². The molecular formula is C12H18N2O4. The van der Waals surface area contributed by atoms with Crippen LogP contribution in [0.5, 0.6) is 0 Å². The number of furan rings is 1. The molecule has 2 amide bonds. The van der Waals surface area contributed by atoms with Crippen molar-refractivity contribution in [3.05, 3.63) is 24.2 Å². The summed E-state index contributed by atoms with van der Waals surface area (Å²) in [4.78, 5) is 25.1. The molecule has 0 saturated carbocycles. The average Bonchev–Trinajstić information content (AvgIpc) is 2.88. The normalized spacial score (nSPS) is 11.9. The van der Waals surface area contributed by atoms with Crippen LogP contribution in [0, 0.1) is 0 Å². The van der Waals surface area contributed by atoms with Crippen molar-refractivity contribution in [1.29, 1.82) is 0 Å². The number of rotatable bonds is 6. The molecule has 0 aromatic carbocycles. The third kappa shape index (κ3) is 3.59. The summed E-state index contributed by atoms with van der Waals surface area (Å²) < 4.78 is 4.93. The molecule has 100 valence electrons. The minimum Gasteiger partial charge on any atom is -0.459 e. The van der Waals surface area contributed by atoms with Crippen molar-refractivity contribution in [2.75, 3.05) is 19.7 Å². The highest BCUT2D eigenvalue weighted by molar-refractivity contribution is 5.95. The molecular weight excluding hydrogens is 236 g/mol. The fraction of sp³-hybridized carbons (Fsp3) is 0.500. The van der Waals surface area contributed by atoms with E-state index in [1.807, 2.05) is 6.92 Å². The number of carbonyl (C=O) groups is 2. The van der Waals surface area contributed by atoms with Crippen molar-refractivity contribution >= 4 is 11.8 Å². The van der Waals surface area contributed by atoms with Crippen LogP contribution in [0.2, 0.25) is 0 Å². The standard InChI is InChI=1S/C12H18N2O4/c1-3-14(6-7-15)12(17)9(2)13-11(16)10-5-4-8-18-10/h4-5,8-9,15H,3,6-7H2,1-2H3,(H,13,16). The fourth-order valence-electron chi connectivity index (χ4n) is 1.56. The minimum absolute atomic E-state index is 0.0988. The maximum Gasteiger partial charge on any atom is 0.287 e. The van der Waals surface area contributed by atoms with Crippen molar-refractivity contribution in [2.45, 2.75) is 19.9 Å². The predicted octanol–water partition coefficient (Wildman–Crippen LogP) is 0.239. The van der Waals surface area contributed by atoms with E-state index in [9.17, 15) is 9.59 Å². The summed E-state index contributed by atoms with van der Waals surface area (Å²) in [6.45, 7) is 4.06. The lowest BCUT2D eigenvalue weighted by molar-refractivity contribution is -0.133. The average molecular weight is 254 g/mol. The number of carbonyl (C=O) groups excluding carboxylic acids is 2. The highest BCUT2D eigenvalue weighted by atomic mass is 16.3. The summed E-state index contributed by atoms with van der Waals surface area (Å²) in [6.07, 6.45) is 1.39. The second kappa shape index (κ2) is 6.80. The van der Waals surface area contributed by atoms with Gasteiger partial charge in [0.25, 0.3) is 5.91 Å². The number of likely N-dealkylation sites (N-methyl/N-ethyl adjacent to an activating group) is 1. The van der Waals surface area contributed by atoms with Crippen molar-refractivity contribution < 1.29 is 19.1 Å². The zero-order valence-electron chi connectivity index (χ0n) is 10.5. The molecule has 0 fully saturated rings. The molecule has 6 heteroatoms. The summed E-state index contributed by atoms with van der Waals surface area (Å²) in [7, 11) is 0. The maximum absolute atomic E-state index is 11.9. The van der Waals surface area contributed by atoms with Gasteiger partial charge < -0.3 is 19.7 Å². The molecule has 1 aromatic heterocycles. The van der Waals surface area contributed by atoms with E-state index in [0.29, 0.717) is 6.54 Å². The lowest BCUT2D eigenvalue weighted by Gasteiger charge is -2.23. The number of nitrogens with zero attached hydrogens (tertiary/aromatic N) is 1. The van der Waals surface area contributed by atoms with Crippen molar-refractivity contribution in [3.8, 4) is 0 Å². The van der Waals surface area contributed by atoms with E-state index in [1.165, 1.54) is 17.2 Å². The van der Waals surface area contributed by atoms with Gasteiger partial charge in [0.1, 0.15) is 6.04 Å². The van der Waals surface area contributed by atoms with Crippen LogP contribution in [0.25, 0.3) is 0 Å². The molecule has 0 aliphatic heterocycles. The number of hydrogen-bond donors (Lipinski definition) is 2. The van der Waals surface area contributed by atoms with Gasteiger partial charge in [-0.1, -0.05) is 0 Å². The Labute approximate surface area is 106 Å². The van der Waals surface area contributed by atoms with Gasteiger partial charge in [0.05, 0.1) is 12.9 Å². The van der Waals surface area contributed by atoms with Crippen LogP contribution in [0.4, 0.5) is 0 Å². The summed E-state index contributed by atoms with van der Waals surface area (Å²) in [6, 6.07) is 2.47. The Kier molecular flexibility index (Phi) is 5.38. The van der Waals surface area contributed by atoms with Crippen LogP contribution in [-0.4, -0.2) is 47.6 Å². The van der Waals surface area contributed by atoms with Crippen LogP contribution in [0.15, 0.2) is 22.8 Å². The molecule has 1 rings (SSSR count). The Bertz CT molecular complexity index is 389. The Morgan fingerprint density at radius 2 is 2.28 bits per heavy atom. The van der Waals surface area contributed by atoms with Gasteiger partial charge in [-0.25, -0.2) is 0 Å². The first-order chi connectivity index (χ1) is 8.60. The first kappa shape index (κ1) is 14.2. The Morgan fingerprint density at radius 3 is 2.78 bits per heavy atom.